The monoisotopic (exact) mass is 313 g/mol. The molecule has 0 amide bonds. The lowest BCUT2D eigenvalue weighted by Gasteiger charge is -2.27. The molecule has 1 aromatic heterocycles. The molecule has 23 heavy (non-hydrogen) atoms. The van der Waals surface area contributed by atoms with Crippen LogP contribution >= 0.6 is 0 Å². The molecule has 0 saturated carbocycles. The fourth-order valence-electron chi connectivity index (χ4n) is 2.63. The summed E-state index contributed by atoms with van der Waals surface area (Å²) in [6.45, 7) is 19.6. The third kappa shape index (κ3) is 4.25. The van der Waals surface area contributed by atoms with Gasteiger partial charge in [0.25, 0.3) is 0 Å². The van der Waals surface area contributed by atoms with Crippen molar-refractivity contribution >= 4 is 10.9 Å². The Bertz CT molecular complexity index is 709. The highest BCUT2D eigenvalue weighted by Gasteiger charge is 2.24. The van der Waals surface area contributed by atoms with Crippen LogP contribution in [0.4, 0.5) is 0 Å². The third-order valence-electron chi connectivity index (χ3n) is 3.78. The maximum Gasteiger partial charge on any atom is 0.120 e. The van der Waals surface area contributed by atoms with E-state index in [1.54, 1.807) is 0 Å². The number of ether oxygens (including phenoxy) is 1. The minimum absolute atomic E-state index is 0.0365. The zero-order valence-electron chi connectivity index (χ0n) is 16.2. The summed E-state index contributed by atoms with van der Waals surface area (Å²) in [4.78, 5) is 4.90. The van der Waals surface area contributed by atoms with Gasteiger partial charge in [0.05, 0.1) is 5.52 Å². The summed E-state index contributed by atoms with van der Waals surface area (Å²) in [5, 5.41) is 1.19. The van der Waals surface area contributed by atoms with Crippen molar-refractivity contribution in [1.82, 2.24) is 4.98 Å². The predicted molar refractivity (Wildman–Crippen MR) is 99.5 cm³/mol. The van der Waals surface area contributed by atoms with E-state index in [0.717, 1.165) is 17.0 Å². The first-order valence-electron chi connectivity index (χ1n) is 8.42. The Balaban J connectivity index is 2.71. The lowest BCUT2D eigenvalue weighted by Crippen LogP contribution is -2.23. The Labute approximate surface area is 141 Å². The summed E-state index contributed by atoms with van der Waals surface area (Å²) in [6.07, 6.45) is 0. The number of nitrogens with zero attached hydrogens (tertiary/aromatic N) is 1. The zero-order chi connectivity index (χ0) is 17.6. The van der Waals surface area contributed by atoms with Gasteiger partial charge in [0.15, 0.2) is 0 Å². The third-order valence-corrected chi connectivity index (χ3v) is 3.78. The van der Waals surface area contributed by atoms with Gasteiger partial charge in [0, 0.05) is 16.5 Å². The van der Waals surface area contributed by atoms with Crippen LogP contribution < -0.4 is 4.74 Å². The summed E-state index contributed by atoms with van der Waals surface area (Å²) in [7, 11) is 0. The molecular formula is C21H31NO. The minimum atomic E-state index is -0.200. The molecule has 0 saturated heterocycles. The predicted octanol–water partition coefficient (Wildman–Crippen LogP) is 6.01. The quantitative estimate of drug-likeness (QED) is 0.643. The van der Waals surface area contributed by atoms with E-state index in [9.17, 15) is 0 Å². The SMILES string of the molecule is CC(C)(C)Oc1ccc2nc(C(C)(C)C)cc(C(C)(C)C)c2c1. The zero-order valence-corrected chi connectivity index (χ0v) is 16.2. The van der Waals surface area contributed by atoms with Crippen LogP contribution in [-0.4, -0.2) is 10.6 Å². The van der Waals surface area contributed by atoms with E-state index in [0.29, 0.717) is 0 Å². The van der Waals surface area contributed by atoms with E-state index in [-0.39, 0.29) is 16.4 Å². The van der Waals surface area contributed by atoms with Crippen LogP contribution in [-0.2, 0) is 10.8 Å². The van der Waals surface area contributed by atoms with Crippen molar-refractivity contribution in [2.75, 3.05) is 0 Å². The highest BCUT2D eigenvalue weighted by atomic mass is 16.5. The molecule has 126 valence electrons. The van der Waals surface area contributed by atoms with Crippen LogP contribution in [0.25, 0.3) is 10.9 Å². The molecule has 2 aromatic rings. The number of benzene rings is 1. The fourth-order valence-corrected chi connectivity index (χ4v) is 2.63. The van der Waals surface area contributed by atoms with Crippen LogP contribution in [0.2, 0.25) is 0 Å². The van der Waals surface area contributed by atoms with Gasteiger partial charge in [-0.15, -0.1) is 0 Å². The van der Waals surface area contributed by atoms with Crippen molar-refractivity contribution in [1.29, 1.82) is 0 Å². The second-order valence-electron chi connectivity index (χ2n) is 9.45. The van der Waals surface area contributed by atoms with Crippen molar-refractivity contribution in [3.63, 3.8) is 0 Å². The van der Waals surface area contributed by atoms with Gasteiger partial charge in [-0.05, 0) is 56.0 Å². The molecule has 0 unspecified atom stereocenters. The van der Waals surface area contributed by atoms with Gasteiger partial charge in [-0.25, -0.2) is 0 Å². The molecule has 1 aromatic carbocycles. The number of aromatic nitrogens is 1. The highest BCUT2D eigenvalue weighted by Crippen LogP contribution is 2.35. The van der Waals surface area contributed by atoms with Crippen molar-refractivity contribution in [2.45, 2.75) is 78.7 Å². The number of rotatable bonds is 1. The Hall–Kier alpha value is -1.57. The Kier molecular flexibility index (Phi) is 4.26. The van der Waals surface area contributed by atoms with Gasteiger partial charge < -0.3 is 4.74 Å². The summed E-state index contributed by atoms with van der Waals surface area (Å²) in [5.74, 6) is 0.904. The smallest absolute Gasteiger partial charge is 0.120 e. The molecule has 2 rings (SSSR count). The summed E-state index contributed by atoms with van der Waals surface area (Å²) in [5.41, 5.74) is 3.40. The number of hydrogen-bond donors (Lipinski definition) is 0. The van der Waals surface area contributed by atoms with Crippen LogP contribution in [0.1, 0.15) is 73.6 Å². The first kappa shape index (κ1) is 17.8. The van der Waals surface area contributed by atoms with E-state index >= 15 is 0 Å². The lowest BCUT2D eigenvalue weighted by molar-refractivity contribution is 0.131. The van der Waals surface area contributed by atoms with E-state index in [2.05, 4.69) is 80.5 Å². The van der Waals surface area contributed by atoms with Crippen molar-refractivity contribution < 1.29 is 4.74 Å². The molecule has 0 aliphatic rings. The van der Waals surface area contributed by atoms with Crippen LogP contribution in [0.15, 0.2) is 24.3 Å². The topological polar surface area (TPSA) is 22.1 Å². The van der Waals surface area contributed by atoms with E-state index in [1.165, 1.54) is 10.9 Å². The van der Waals surface area contributed by atoms with Crippen molar-refractivity contribution in [2.24, 2.45) is 0 Å². The normalized spacial score (nSPS) is 13.4. The van der Waals surface area contributed by atoms with Crippen LogP contribution in [0, 0.1) is 0 Å². The molecule has 0 N–H and O–H groups in total. The van der Waals surface area contributed by atoms with Crippen LogP contribution in [0.3, 0.4) is 0 Å². The second kappa shape index (κ2) is 5.51. The minimum Gasteiger partial charge on any atom is -0.488 e. The van der Waals surface area contributed by atoms with Crippen molar-refractivity contribution in [3.05, 3.63) is 35.5 Å². The molecular weight excluding hydrogens is 282 g/mol. The van der Waals surface area contributed by atoms with Gasteiger partial charge in [-0.3, -0.25) is 4.98 Å². The second-order valence-corrected chi connectivity index (χ2v) is 9.45. The molecule has 1 heterocycles. The molecule has 0 aliphatic heterocycles. The van der Waals surface area contributed by atoms with Gasteiger partial charge in [-0.2, -0.15) is 0 Å². The van der Waals surface area contributed by atoms with Gasteiger partial charge in [0.1, 0.15) is 11.4 Å². The molecule has 2 nitrogen and oxygen atoms in total. The first-order chi connectivity index (χ1) is 10.3. The maximum atomic E-state index is 6.05. The maximum absolute atomic E-state index is 6.05. The average Bonchev–Trinajstić information content (AvgIpc) is 2.33. The van der Waals surface area contributed by atoms with Gasteiger partial charge >= 0.3 is 0 Å². The molecule has 0 fully saturated rings. The largest absolute Gasteiger partial charge is 0.488 e. The Morgan fingerprint density at radius 1 is 0.783 bits per heavy atom. The summed E-state index contributed by atoms with van der Waals surface area (Å²) >= 11 is 0. The van der Waals surface area contributed by atoms with Gasteiger partial charge in [-0.1, -0.05) is 41.5 Å². The fraction of sp³-hybridized carbons (Fsp3) is 0.571. The first-order valence-corrected chi connectivity index (χ1v) is 8.42. The number of pyridine rings is 1. The molecule has 0 radical (unpaired) electrons. The van der Waals surface area contributed by atoms with Gasteiger partial charge in [0.2, 0.25) is 0 Å². The standard InChI is InChI=1S/C21H31NO/c1-19(2,3)16-13-18(20(4,5)6)22-17-11-10-14(12-15(16)17)23-21(7,8)9/h10-13H,1-9H3. The molecule has 0 bridgehead atoms. The summed E-state index contributed by atoms with van der Waals surface area (Å²) in [6, 6.07) is 8.52. The molecule has 2 heteroatoms. The number of hydrogen-bond acceptors (Lipinski definition) is 2. The molecule has 0 aliphatic carbocycles. The average molecular weight is 313 g/mol. The number of fused-ring (bicyclic) bond motifs is 1. The lowest BCUT2D eigenvalue weighted by atomic mass is 9.81. The summed E-state index contributed by atoms with van der Waals surface area (Å²) < 4.78 is 6.05. The van der Waals surface area contributed by atoms with Crippen LogP contribution in [0.5, 0.6) is 5.75 Å². The Morgan fingerprint density at radius 2 is 1.39 bits per heavy atom. The molecule has 0 spiro atoms. The van der Waals surface area contributed by atoms with E-state index in [1.807, 2.05) is 6.07 Å². The Morgan fingerprint density at radius 3 is 1.87 bits per heavy atom. The van der Waals surface area contributed by atoms with E-state index in [4.69, 9.17) is 9.72 Å². The van der Waals surface area contributed by atoms with Crippen molar-refractivity contribution in [3.8, 4) is 5.75 Å². The molecule has 0 atom stereocenters. The van der Waals surface area contributed by atoms with E-state index < -0.39 is 0 Å². The highest BCUT2D eigenvalue weighted by molar-refractivity contribution is 5.85.